The summed E-state index contributed by atoms with van der Waals surface area (Å²) in [6.07, 6.45) is 2.48. The van der Waals surface area contributed by atoms with Gasteiger partial charge in [0.15, 0.2) is 0 Å². The van der Waals surface area contributed by atoms with Crippen LogP contribution >= 0.6 is 0 Å². The molecule has 172 valence electrons. The summed E-state index contributed by atoms with van der Waals surface area (Å²) in [6.45, 7) is 1.01. The average Bonchev–Trinajstić information content (AvgIpc) is 2.81. The van der Waals surface area contributed by atoms with Crippen LogP contribution in [0.2, 0.25) is 0 Å². The number of carbonyl (C=O) groups excluding carboxylic acids is 1. The smallest absolute Gasteiger partial charge is 0.263 e. The second-order valence-electron chi connectivity index (χ2n) is 7.98. The van der Waals surface area contributed by atoms with Gasteiger partial charge < -0.3 is 9.47 Å². The van der Waals surface area contributed by atoms with Crippen LogP contribution in [0.15, 0.2) is 82.6 Å². The number of nitrogens with one attached hydrogen (secondary N) is 1. The fourth-order valence-electron chi connectivity index (χ4n) is 3.88. The second-order valence-corrected chi connectivity index (χ2v) is 9.70. The average molecular weight is 470 g/mol. The van der Waals surface area contributed by atoms with E-state index in [1.807, 2.05) is 30.3 Å². The molecule has 7 nitrogen and oxygen atoms in total. The summed E-state index contributed by atoms with van der Waals surface area (Å²) in [5.41, 5.74) is 0.697. The molecule has 4 rings (SSSR count). The zero-order valence-electron chi connectivity index (χ0n) is 17.9. The van der Waals surface area contributed by atoms with Gasteiger partial charge in [-0.05, 0) is 54.8 Å². The first kappa shape index (κ1) is 22.9. The standard InChI is InChI=1S/C24H24FN3O4S/c25-19-8-10-21(11-9-19)33(31,32)26-20-12-15-27(16-13-20)23(29)22-7-4-14-28(24(22)30)17-18-5-2-1-3-6-18/h1-11,14,20,26H,12-13,15-17H2. The number of sulfonamides is 1. The molecule has 1 N–H and O–H groups in total. The van der Waals surface area contributed by atoms with Crippen LogP contribution in [-0.4, -0.2) is 42.9 Å². The van der Waals surface area contributed by atoms with Crippen molar-refractivity contribution in [3.05, 3.63) is 100 Å². The van der Waals surface area contributed by atoms with Gasteiger partial charge in [-0.2, -0.15) is 0 Å². The molecular weight excluding hydrogens is 445 g/mol. The molecule has 2 aromatic carbocycles. The van der Waals surface area contributed by atoms with Gasteiger partial charge in [0.05, 0.1) is 11.4 Å². The molecule has 1 amide bonds. The van der Waals surface area contributed by atoms with Crippen molar-refractivity contribution >= 4 is 15.9 Å². The lowest BCUT2D eigenvalue weighted by Crippen LogP contribution is -2.47. The van der Waals surface area contributed by atoms with E-state index in [0.29, 0.717) is 32.5 Å². The zero-order chi connectivity index (χ0) is 23.4. The summed E-state index contributed by atoms with van der Waals surface area (Å²) in [4.78, 5) is 27.5. The van der Waals surface area contributed by atoms with Gasteiger partial charge in [0, 0.05) is 25.3 Å². The zero-order valence-corrected chi connectivity index (χ0v) is 18.7. The number of halogens is 1. The van der Waals surface area contributed by atoms with Gasteiger partial charge >= 0.3 is 0 Å². The Morgan fingerprint density at radius 3 is 2.30 bits per heavy atom. The van der Waals surface area contributed by atoms with E-state index < -0.39 is 15.8 Å². The molecule has 0 radical (unpaired) electrons. The van der Waals surface area contributed by atoms with E-state index in [-0.39, 0.29) is 28.0 Å². The van der Waals surface area contributed by atoms with Crippen molar-refractivity contribution in [2.45, 2.75) is 30.3 Å². The highest BCUT2D eigenvalue weighted by Crippen LogP contribution is 2.17. The second kappa shape index (κ2) is 9.68. The van der Waals surface area contributed by atoms with E-state index in [1.54, 1.807) is 17.2 Å². The monoisotopic (exact) mass is 469 g/mol. The minimum absolute atomic E-state index is 0.00865. The number of hydrogen-bond donors (Lipinski definition) is 1. The molecule has 0 atom stereocenters. The highest BCUT2D eigenvalue weighted by atomic mass is 32.2. The summed E-state index contributed by atoms with van der Waals surface area (Å²) in [6, 6.07) is 17.0. The Balaban J connectivity index is 1.40. The van der Waals surface area contributed by atoms with Crippen LogP contribution in [0, 0.1) is 5.82 Å². The number of benzene rings is 2. The predicted molar refractivity (Wildman–Crippen MR) is 122 cm³/mol. The number of hydrogen-bond acceptors (Lipinski definition) is 4. The maximum atomic E-state index is 13.1. The van der Waals surface area contributed by atoms with E-state index in [9.17, 15) is 22.4 Å². The number of likely N-dealkylation sites (tertiary alicyclic amines) is 1. The first-order chi connectivity index (χ1) is 15.8. The van der Waals surface area contributed by atoms with E-state index in [0.717, 1.165) is 17.7 Å². The quantitative estimate of drug-likeness (QED) is 0.601. The van der Waals surface area contributed by atoms with Crippen LogP contribution in [0.3, 0.4) is 0 Å². The van der Waals surface area contributed by atoms with Gasteiger partial charge in [-0.25, -0.2) is 17.5 Å². The molecule has 1 aliphatic heterocycles. The molecule has 1 fully saturated rings. The predicted octanol–water partition coefficient (Wildman–Crippen LogP) is 2.62. The molecule has 1 aromatic heterocycles. The molecule has 1 aliphatic rings. The van der Waals surface area contributed by atoms with Gasteiger partial charge in [0.2, 0.25) is 10.0 Å². The van der Waals surface area contributed by atoms with E-state index in [1.165, 1.54) is 22.8 Å². The van der Waals surface area contributed by atoms with Crippen LogP contribution in [0.25, 0.3) is 0 Å². The highest BCUT2D eigenvalue weighted by molar-refractivity contribution is 7.89. The number of aromatic nitrogens is 1. The Labute approximate surface area is 191 Å². The Hall–Kier alpha value is -3.30. The van der Waals surface area contributed by atoms with Crippen molar-refractivity contribution in [1.29, 1.82) is 0 Å². The largest absolute Gasteiger partial charge is 0.338 e. The Morgan fingerprint density at radius 2 is 1.64 bits per heavy atom. The Morgan fingerprint density at radius 1 is 0.970 bits per heavy atom. The SMILES string of the molecule is O=C(c1cccn(Cc2ccccc2)c1=O)N1CCC(NS(=O)(=O)c2ccc(F)cc2)CC1. The fourth-order valence-corrected chi connectivity index (χ4v) is 5.18. The number of carbonyl (C=O) groups is 1. The molecular formula is C24H24FN3O4S. The van der Waals surface area contributed by atoms with Gasteiger partial charge in [0.25, 0.3) is 11.5 Å². The van der Waals surface area contributed by atoms with Crippen LogP contribution in [0.4, 0.5) is 4.39 Å². The third-order valence-corrected chi connectivity index (χ3v) is 7.21. The molecule has 2 heterocycles. The van der Waals surface area contributed by atoms with E-state index in [2.05, 4.69) is 4.72 Å². The molecule has 1 saturated heterocycles. The number of nitrogens with zero attached hydrogens (tertiary/aromatic N) is 2. The highest BCUT2D eigenvalue weighted by Gasteiger charge is 2.28. The molecule has 0 aliphatic carbocycles. The lowest BCUT2D eigenvalue weighted by Gasteiger charge is -2.32. The Bertz CT molecular complexity index is 1280. The maximum Gasteiger partial charge on any atom is 0.263 e. The molecule has 33 heavy (non-hydrogen) atoms. The van der Waals surface area contributed by atoms with Gasteiger partial charge in [-0.1, -0.05) is 30.3 Å². The first-order valence-corrected chi connectivity index (χ1v) is 12.1. The first-order valence-electron chi connectivity index (χ1n) is 10.6. The summed E-state index contributed by atoms with van der Waals surface area (Å²) in [5, 5.41) is 0. The van der Waals surface area contributed by atoms with Crippen LogP contribution in [0.1, 0.15) is 28.8 Å². The molecule has 0 saturated carbocycles. The van der Waals surface area contributed by atoms with E-state index >= 15 is 0 Å². The molecule has 0 spiro atoms. The van der Waals surface area contributed by atoms with Crippen molar-refractivity contribution in [2.24, 2.45) is 0 Å². The third kappa shape index (κ3) is 5.37. The van der Waals surface area contributed by atoms with Crippen molar-refractivity contribution in [3.63, 3.8) is 0 Å². The van der Waals surface area contributed by atoms with Crippen molar-refractivity contribution in [2.75, 3.05) is 13.1 Å². The Kier molecular flexibility index (Phi) is 6.71. The van der Waals surface area contributed by atoms with Crippen molar-refractivity contribution in [1.82, 2.24) is 14.2 Å². The normalized spacial score (nSPS) is 14.9. The van der Waals surface area contributed by atoms with Crippen LogP contribution in [-0.2, 0) is 16.6 Å². The van der Waals surface area contributed by atoms with Crippen LogP contribution in [0.5, 0.6) is 0 Å². The number of piperidine rings is 1. The maximum absolute atomic E-state index is 13.1. The third-order valence-electron chi connectivity index (χ3n) is 5.67. The minimum Gasteiger partial charge on any atom is -0.338 e. The van der Waals surface area contributed by atoms with E-state index in [4.69, 9.17) is 0 Å². The summed E-state index contributed by atoms with van der Waals surface area (Å²) >= 11 is 0. The molecule has 3 aromatic rings. The lowest BCUT2D eigenvalue weighted by atomic mass is 10.1. The summed E-state index contributed by atoms with van der Waals surface area (Å²) < 4.78 is 42.3. The number of pyridine rings is 1. The van der Waals surface area contributed by atoms with Gasteiger partial charge in [-0.3, -0.25) is 9.59 Å². The fraction of sp³-hybridized carbons (Fsp3) is 0.250. The van der Waals surface area contributed by atoms with Gasteiger partial charge in [0.1, 0.15) is 11.4 Å². The number of rotatable bonds is 6. The summed E-state index contributed by atoms with van der Waals surface area (Å²) in [5.74, 6) is -0.869. The van der Waals surface area contributed by atoms with Crippen LogP contribution < -0.4 is 10.3 Å². The lowest BCUT2D eigenvalue weighted by molar-refractivity contribution is 0.0709. The topological polar surface area (TPSA) is 88.5 Å². The van der Waals surface area contributed by atoms with Crippen molar-refractivity contribution in [3.8, 4) is 0 Å². The molecule has 0 bridgehead atoms. The summed E-state index contributed by atoms with van der Waals surface area (Å²) in [7, 11) is -3.78. The minimum atomic E-state index is -3.78. The molecule has 0 unspecified atom stereocenters. The van der Waals surface area contributed by atoms with Gasteiger partial charge in [-0.15, -0.1) is 0 Å². The number of amides is 1. The van der Waals surface area contributed by atoms with Crippen molar-refractivity contribution < 1.29 is 17.6 Å². The molecule has 9 heteroatoms.